The van der Waals surface area contributed by atoms with Crippen molar-refractivity contribution in [1.82, 2.24) is 0 Å². The zero-order valence-corrected chi connectivity index (χ0v) is 12.8. The molecule has 19 heavy (non-hydrogen) atoms. The summed E-state index contributed by atoms with van der Waals surface area (Å²) in [6, 6.07) is 10.2. The summed E-state index contributed by atoms with van der Waals surface area (Å²) in [5.74, 6) is -0.272. The summed E-state index contributed by atoms with van der Waals surface area (Å²) < 4.78 is 14.7. The van der Waals surface area contributed by atoms with Gasteiger partial charge in [0, 0.05) is 21.1 Å². The van der Waals surface area contributed by atoms with Gasteiger partial charge < -0.3 is 5.73 Å². The summed E-state index contributed by atoms with van der Waals surface area (Å²) in [7, 11) is 0. The fourth-order valence-corrected chi connectivity index (χ4v) is 2.73. The van der Waals surface area contributed by atoms with Crippen LogP contribution in [0.3, 0.4) is 0 Å². The molecule has 1 unspecified atom stereocenters. The minimum Gasteiger partial charge on any atom is -0.324 e. The third-order valence-electron chi connectivity index (χ3n) is 3.01. The van der Waals surface area contributed by atoms with E-state index in [-0.39, 0.29) is 5.82 Å². The predicted molar refractivity (Wildman–Crippen MR) is 80.9 cm³/mol. The second-order valence-electron chi connectivity index (χ2n) is 4.57. The number of benzene rings is 2. The Balaban J connectivity index is 2.25. The first-order chi connectivity index (χ1) is 8.97. The van der Waals surface area contributed by atoms with Gasteiger partial charge in [0.15, 0.2) is 0 Å². The molecule has 2 N–H and O–H groups in total. The van der Waals surface area contributed by atoms with Crippen LogP contribution in [0.1, 0.15) is 22.7 Å². The van der Waals surface area contributed by atoms with Gasteiger partial charge in [0.1, 0.15) is 5.82 Å². The van der Waals surface area contributed by atoms with Gasteiger partial charge in [-0.05, 0) is 37.1 Å². The molecule has 0 aliphatic rings. The molecule has 100 valence electrons. The third-order valence-corrected chi connectivity index (χ3v) is 3.85. The van der Waals surface area contributed by atoms with Gasteiger partial charge in [0.25, 0.3) is 0 Å². The van der Waals surface area contributed by atoms with E-state index >= 15 is 0 Å². The van der Waals surface area contributed by atoms with Gasteiger partial charge in [-0.1, -0.05) is 51.3 Å². The lowest BCUT2D eigenvalue weighted by Crippen LogP contribution is -2.15. The monoisotopic (exact) mass is 341 g/mol. The molecule has 2 rings (SSSR count). The SMILES string of the molecule is Cc1ccc(F)c(C(N)Cc2ccc(Br)cc2Cl)c1. The van der Waals surface area contributed by atoms with E-state index < -0.39 is 6.04 Å². The number of hydrogen-bond acceptors (Lipinski definition) is 1. The number of nitrogens with two attached hydrogens (primary N) is 1. The van der Waals surface area contributed by atoms with E-state index in [0.29, 0.717) is 17.0 Å². The largest absolute Gasteiger partial charge is 0.324 e. The van der Waals surface area contributed by atoms with E-state index in [4.69, 9.17) is 17.3 Å². The van der Waals surface area contributed by atoms with Crippen LogP contribution in [0.15, 0.2) is 40.9 Å². The molecule has 0 saturated carbocycles. The Kier molecular flexibility index (Phi) is 4.61. The van der Waals surface area contributed by atoms with Gasteiger partial charge in [0.05, 0.1) is 0 Å². The molecule has 2 aromatic carbocycles. The highest BCUT2D eigenvalue weighted by molar-refractivity contribution is 9.10. The van der Waals surface area contributed by atoms with Gasteiger partial charge in [-0.25, -0.2) is 4.39 Å². The average molecular weight is 343 g/mol. The third kappa shape index (κ3) is 3.56. The van der Waals surface area contributed by atoms with Gasteiger partial charge in [-0.15, -0.1) is 0 Å². The Morgan fingerprint density at radius 1 is 1.26 bits per heavy atom. The lowest BCUT2D eigenvalue weighted by Gasteiger charge is -2.15. The summed E-state index contributed by atoms with van der Waals surface area (Å²) in [6.45, 7) is 1.92. The minimum absolute atomic E-state index is 0.272. The van der Waals surface area contributed by atoms with Crippen LogP contribution < -0.4 is 5.73 Å². The van der Waals surface area contributed by atoms with E-state index in [9.17, 15) is 4.39 Å². The van der Waals surface area contributed by atoms with Gasteiger partial charge in [-0.2, -0.15) is 0 Å². The molecule has 0 aliphatic heterocycles. The fraction of sp³-hybridized carbons (Fsp3) is 0.200. The zero-order valence-electron chi connectivity index (χ0n) is 10.5. The summed E-state index contributed by atoms with van der Waals surface area (Å²) in [5.41, 5.74) is 8.53. The molecular weight excluding hydrogens is 329 g/mol. The average Bonchev–Trinajstić information content (AvgIpc) is 2.35. The van der Waals surface area contributed by atoms with Crippen molar-refractivity contribution in [2.24, 2.45) is 5.73 Å². The molecule has 1 atom stereocenters. The maximum absolute atomic E-state index is 13.8. The van der Waals surface area contributed by atoms with Gasteiger partial charge >= 0.3 is 0 Å². The first kappa shape index (κ1) is 14.5. The predicted octanol–water partition coefficient (Wildman–Crippen LogP) is 4.79. The molecule has 0 aromatic heterocycles. The molecule has 4 heteroatoms. The maximum atomic E-state index is 13.8. The van der Waals surface area contributed by atoms with E-state index in [1.165, 1.54) is 6.07 Å². The molecule has 0 heterocycles. The highest BCUT2D eigenvalue weighted by Gasteiger charge is 2.14. The van der Waals surface area contributed by atoms with Crippen LogP contribution in [0.5, 0.6) is 0 Å². The highest BCUT2D eigenvalue weighted by atomic mass is 79.9. The first-order valence-corrected chi connectivity index (χ1v) is 7.10. The van der Waals surface area contributed by atoms with Crippen LogP contribution in [0.25, 0.3) is 0 Å². The molecule has 0 bridgehead atoms. The Bertz CT molecular complexity index is 601. The van der Waals surface area contributed by atoms with Gasteiger partial charge in [-0.3, -0.25) is 0 Å². The Morgan fingerprint density at radius 3 is 2.68 bits per heavy atom. The standard InChI is InChI=1S/C15H14BrClFN/c1-9-2-5-14(18)12(6-9)15(19)7-10-3-4-11(16)8-13(10)17/h2-6,8,15H,7,19H2,1H3. The number of halogens is 3. The lowest BCUT2D eigenvalue weighted by molar-refractivity contribution is 0.579. The van der Waals surface area contributed by atoms with Crippen LogP contribution in [-0.4, -0.2) is 0 Å². The maximum Gasteiger partial charge on any atom is 0.128 e. The van der Waals surface area contributed by atoms with Crippen molar-refractivity contribution >= 4 is 27.5 Å². The van der Waals surface area contributed by atoms with Crippen molar-refractivity contribution in [3.63, 3.8) is 0 Å². The Morgan fingerprint density at radius 2 is 2.00 bits per heavy atom. The first-order valence-electron chi connectivity index (χ1n) is 5.93. The molecule has 0 fully saturated rings. The van der Waals surface area contributed by atoms with E-state index in [2.05, 4.69) is 15.9 Å². The summed E-state index contributed by atoms with van der Waals surface area (Å²) in [4.78, 5) is 0. The number of hydrogen-bond donors (Lipinski definition) is 1. The van der Waals surface area contributed by atoms with Crippen LogP contribution in [0.4, 0.5) is 4.39 Å². The van der Waals surface area contributed by atoms with E-state index in [1.54, 1.807) is 12.1 Å². The Hall–Kier alpha value is -0.900. The molecule has 0 aliphatic carbocycles. The molecule has 0 saturated heterocycles. The smallest absolute Gasteiger partial charge is 0.128 e. The van der Waals surface area contributed by atoms with Crippen molar-refractivity contribution < 1.29 is 4.39 Å². The van der Waals surface area contributed by atoms with Crippen molar-refractivity contribution in [1.29, 1.82) is 0 Å². The van der Waals surface area contributed by atoms with Crippen LogP contribution in [0.2, 0.25) is 5.02 Å². The fourth-order valence-electron chi connectivity index (χ4n) is 1.98. The van der Waals surface area contributed by atoms with Crippen molar-refractivity contribution in [2.45, 2.75) is 19.4 Å². The molecule has 0 radical (unpaired) electrons. The molecule has 1 nitrogen and oxygen atoms in total. The van der Waals surface area contributed by atoms with Crippen LogP contribution >= 0.6 is 27.5 Å². The second-order valence-corrected chi connectivity index (χ2v) is 5.89. The van der Waals surface area contributed by atoms with Crippen LogP contribution in [0, 0.1) is 12.7 Å². The van der Waals surface area contributed by atoms with Crippen molar-refractivity contribution in [3.05, 3.63) is 68.4 Å². The molecular formula is C15H14BrClFN. The summed E-state index contributed by atoms with van der Waals surface area (Å²) in [6.07, 6.45) is 0.506. The highest BCUT2D eigenvalue weighted by Crippen LogP contribution is 2.26. The normalized spacial score (nSPS) is 12.5. The van der Waals surface area contributed by atoms with E-state index in [1.807, 2.05) is 25.1 Å². The van der Waals surface area contributed by atoms with Crippen molar-refractivity contribution in [2.75, 3.05) is 0 Å². The quantitative estimate of drug-likeness (QED) is 0.852. The molecule has 0 spiro atoms. The second kappa shape index (κ2) is 6.04. The number of aryl methyl sites for hydroxylation is 1. The lowest BCUT2D eigenvalue weighted by atomic mass is 9.98. The minimum atomic E-state index is -0.404. The number of rotatable bonds is 3. The van der Waals surface area contributed by atoms with Crippen molar-refractivity contribution in [3.8, 4) is 0 Å². The summed E-state index contributed by atoms with van der Waals surface area (Å²) in [5, 5.41) is 0.637. The molecule has 0 amide bonds. The molecule has 2 aromatic rings. The topological polar surface area (TPSA) is 26.0 Å². The Labute approximate surface area is 125 Å². The van der Waals surface area contributed by atoms with Gasteiger partial charge in [0.2, 0.25) is 0 Å². The summed E-state index contributed by atoms with van der Waals surface area (Å²) >= 11 is 9.51. The van der Waals surface area contributed by atoms with E-state index in [0.717, 1.165) is 15.6 Å². The zero-order chi connectivity index (χ0) is 14.0. The van der Waals surface area contributed by atoms with Crippen LogP contribution in [-0.2, 0) is 6.42 Å².